The summed E-state index contributed by atoms with van der Waals surface area (Å²) in [6.07, 6.45) is 3.46. The Bertz CT molecular complexity index is 748. The number of aromatic nitrogens is 3. The van der Waals surface area contributed by atoms with Gasteiger partial charge < -0.3 is 15.4 Å². The normalized spacial score (nSPS) is 10.6. The van der Waals surface area contributed by atoms with Gasteiger partial charge in [0.2, 0.25) is 5.95 Å². The van der Waals surface area contributed by atoms with Crippen molar-refractivity contribution in [3.05, 3.63) is 48.8 Å². The maximum absolute atomic E-state index is 5.07. The van der Waals surface area contributed by atoms with E-state index in [0.717, 1.165) is 22.4 Å². The first-order valence-corrected chi connectivity index (χ1v) is 7.03. The van der Waals surface area contributed by atoms with Gasteiger partial charge in [0, 0.05) is 25.2 Å². The molecule has 0 spiro atoms. The van der Waals surface area contributed by atoms with E-state index in [-0.39, 0.29) is 0 Å². The molecule has 6 nitrogen and oxygen atoms in total. The minimum Gasteiger partial charge on any atom is -0.383 e. The Morgan fingerprint density at radius 3 is 2.82 bits per heavy atom. The minimum absolute atomic E-state index is 0.534. The van der Waals surface area contributed by atoms with Gasteiger partial charge in [-0.25, -0.2) is 4.98 Å². The molecule has 6 heteroatoms. The van der Waals surface area contributed by atoms with E-state index in [1.165, 1.54) is 0 Å². The summed E-state index contributed by atoms with van der Waals surface area (Å²) < 4.78 is 5.07. The first-order valence-electron chi connectivity index (χ1n) is 7.03. The summed E-state index contributed by atoms with van der Waals surface area (Å²) in [5.41, 5.74) is 1.73. The van der Waals surface area contributed by atoms with Crippen molar-refractivity contribution in [3.63, 3.8) is 0 Å². The summed E-state index contributed by atoms with van der Waals surface area (Å²) >= 11 is 0. The van der Waals surface area contributed by atoms with E-state index < -0.39 is 0 Å². The summed E-state index contributed by atoms with van der Waals surface area (Å²) in [6.45, 7) is 1.30. The molecule has 112 valence electrons. The molecule has 2 aromatic heterocycles. The lowest BCUT2D eigenvalue weighted by Crippen LogP contribution is -2.10. The number of nitrogens with one attached hydrogen (secondary N) is 2. The average Bonchev–Trinajstić information content (AvgIpc) is 2.56. The van der Waals surface area contributed by atoms with Gasteiger partial charge in [-0.05, 0) is 24.3 Å². The number of anilines is 3. The number of pyridine rings is 1. The van der Waals surface area contributed by atoms with Gasteiger partial charge in [-0.3, -0.25) is 4.98 Å². The number of ether oxygens (including phenoxy) is 1. The van der Waals surface area contributed by atoms with Gasteiger partial charge in [-0.15, -0.1) is 0 Å². The van der Waals surface area contributed by atoms with E-state index in [2.05, 4.69) is 25.6 Å². The first-order chi connectivity index (χ1) is 10.9. The number of methoxy groups -OCH3 is 1. The zero-order valence-electron chi connectivity index (χ0n) is 12.3. The van der Waals surface area contributed by atoms with Crippen LogP contribution in [0.5, 0.6) is 0 Å². The van der Waals surface area contributed by atoms with Crippen LogP contribution in [0.25, 0.3) is 10.9 Å². The van der Waals surface area contributed by atoms with Gasteiger partial charge in [0.05, 0.1) is 24.0 Å². The highest BCUT2D eigenvalue weighted by Gasteiger charge is 2.07. The molecule has 3 aromatic rings. The summed E-state index contributed by atoms with van der Waals surface area (Å²) in [7, 11) is 1.68. The van der Waals surface area contributed by atoms with Crippen LogP contribution in [0, 0.1) is 0 Å². The molecular formula is C16H17N5O. The van der Waals surface area contributed by atoms with E-state index in [1.807, 2.05) is 36.4 Å². The van der Waals surface area contributed by atoms with Crippen molar-refractivity contribution in [2.24, 2.45) is 0 Å². The number of nitrogens with zero attached hydrogens (tertiary/aromatic N) is 3. The monoisotopic (exact) mass is 295 g/mol. The molecule has 0 bridgehead atoms. The summed E-state index contributed by atoms with van der Waals surface area (Å²) in [6, 6.07) is 11.7. The summed E-state index contributed by atoms with van der Waals surface area (Å²) in [5, 5.41) is 7.44. The fourth-order valence-electron chi connectivity index (χ4n) is 2.10. The Morgan fingerprint density at radius 1 is 1.09 bits per heavy atom. The van der Waals surface area contributed by atoms with Crippen LogP contribution in [0.1, 0.15) is 0 Å². The molecule has 22 heavy (non-hydrogen) atoms. The Labute approximate surface area is 128 Å². The summed E-state index contributed by atoms with van der Waals surface area (Å²) in [4.78, 5) is 13.2. The van der Waals surface area contributed by atoms with Gasteiger partial charge in [0.1, 0.15) is 5.82 Å². The second-order valence-electron chi connectivity index (χ2n) is 4.70. The van der Waals surface area contributed by atoms with Crippen LogP contribution >= 0.6 is 0 Å². The summed E-state index contributed by atoms with van der Waals surface area (Å²) in [5.74, 6) is 1.32. The lowest BCUT2D eigenvalue weighted by atomic mass is 10.2. The van der Waals surface area contributed by atoms with Gasteiger partial charge >= 0.3 is 0 Å². The second kappa shape index (κ2) is 6.82. The zero-order valence-corrected chi connectivity index (χ0v) is 12.3. The third kappa shape index (κ3) is 3.29. The van der Waals surface area contributed by atoms with E-state index in [0.29, 0.717) is 19.1 Å². The highest BCUT2D eigenvalue weighted by Crippen LogP contribution is 2.23. The quantitative estimate of drug-likeness (QED) is 0.681. The lowest BCUT2D eigenvalue weighted by Gasteiger charge is -2.11. The number of hydrogen-bond acceptors (Lipinski definition) is 6. The fourth-order valence-corrected chi connectivity index (χ4v) is 2.10. The second-order valence-corrected chi connectivity index (χ2v) is 4.70. The third-order valence-electron chi connectivity index (χ3n) is 3.12. The van der Waals surface area contributed by atoms with Crippen molar-refractivity contribution >= 4 is 28.4 Å². The molecule has 0 aliphatic rings. The number of hydrogen-bond donors (Lipinski definition) is 2. The molecule has 0 saturated heterocycles. The van der Waals surface area contributed by atoms with Crippen molar-refractivity contribution in [2.45, 2.75) is 0 Å². The molecule has 2 N–H and O–H groups in total. The Kier molecular flexibility index (Phi) is 4.41. The van der Waals surface area contributed by atoms with Crippen LogP contribution in [0.3, 0.4) is 0 Å². The predicted octanol–water partition coefficient (Wildman–Crippen LogP) is 2.83. The molecular weight excluding hydrogens is 278 g/mol. The molecule has 0 radical (unpaired) electrons. The number of benzene rings is 1. The molecule has 0 saturated carbocycles. The van der Waals surface area contributed by atoms with Crippen LogP contribution in [0.2, 0.25) is 0 Å². The van der Waals surface area contributed by atoms with Crippen molar-refractivity contribution in [1.82, 2.24) is 15.0 Å². The molecule has 0 unspecified atom stereocenters. The predicted molar refractivity (Wildman–Crippen MR) is 87.4 cm³/mol. The highest BCUT2D eigenvalue weighted by molar-refractivity contribution is 5.90. The standard InChI is InChI=1S/C16H17N5O/c1-22-10-9-18-15-13-6-2-3-7-14(13)20-16(21-15)19-12-5-4-8-17-11-12/h2-8,11H,9-10H2,1H3,(H2,18,19,20,21). The van der Waals surface area contributed by atoms with E-state index in [9.17, 15) is 0 Å². The Morgan fingerprint density at radius 2 is 2.00 bits per heavy atom. The average molecular weight is 295 g/mol. The van der Waals surface area contributed by atoms with Gasteiger partial charge in [0.15, 0.2) is 0 Å². The van der Waals surface area contributed by atoms with Gasteiger partial charge in [0.25, 0.3) is 0 Å². The van der Waals surface area contributed by atoms with Crippen molar-refractivity contribution < 1.29 is 4.74 Å². The maximum Gasteiger partial charge on any atom is 0.229 e. The van der Waals surface area contributed by atoms with Gasteiger partial charge in [-0.2, -0.15) is 4.98 Å². The molecule has 0 aliphatic carbocycles. The number of rotatable bonds is 6. The number of fused-ring (bicyclic) bond motifs is 1. The smallest absolute Gasteiger partial charge is 0.229 e. The Balaban J connectivity index is 1.93. The van der Waals surface area contributed by atoms with Crippen LogP contribution in [0.4, 0.5) is 17.5 Å². The van der Waals surface area contributed by atoms with Crippen LogP contribution < -0.4 is 10.6 Å². The SMILES string of the molecule is COCCNc1nc(Nc2cccnc2)nc2ccccc12. The van der Waals surface area contributed by atoms with Crippen LogP contribution in [-0.2, 0) is 4.74 Å². The van der Waals surface area contributed by atoms with Gasteiger partial charge in [-0.1, -0.05) is 12.1 Å². The maximum atomic E-state index is 5.07. The topological polar surface area (TPSA) is 72.0 Å². The molecule has 3 rings (SSSR count). The lowest BCUT2D eigenvalue weighted by molar-refractivity contribution is 0.210. The van der Waals surface area contributed by atoms with Crippen LogP contribution in [-0.4, -0.2) is 35.2 Å². The molecule has 0 amide bonds. The zero-order chi connectivity index (χ0) is 15.2. The molecule has 0 fully saturated rings. The minimum atomic E-state index is 0.534. The molecule has 1 aromatic carbocycles. The van der Waals surface area contributed by atoms with Crippen molar-refractivity contribution in [2.75, 3.05) is 30.9 Å². The number of para-hydroxylation sites is 1. The molecule has 2 heterocycles. The largest absolute Gasteiger partial charge is 0.383 e. The third-order valence-corrected chi connectivity index (χ3v) is 3.12. The first kappa shape index (κ1) is 14.2. The Hall–Kier alpha value is -2.73. The molecule has 0 aliphatic heterocycles. The van der Waals surface area contributed by atoms with Crippen molar-refractivity contribution in [1.29, 1.82) is 0 Å². The van der Waals surface area contributed by atoms with E-state index >= 15 is 0 Å². The van der Waals surface area contributed by atoms with E-state index in [1.54, 1.807) is 19.5 Å². The van der Waals surface area contributed by atoms with E-state index in [4.69, 9.17) is 4.74 Å². The highest BCUT2D eigenvalue weighted by atomic mass is 16.5. The molecule has 0 atom stereocenters. The van der Waals surface area contributed by atoms with Crippen molar-refractivity contribution in [3.8, 4) is 0 Å². The fraction of sp³-hybridized carbons (Fsp3) is 0.188. The van der Waals surface area contributed by atoms with Crippen LogP contribution in [0.15, 0.2) is 48.8 Å².